The van der Waals surface area contributed by atoms with Crippen LogP contribution in [-0.2, 0) is 5.75 Å². The Balaban J connectivity index is 1.68. The summed E-state index contributed by atoms with van der Waals surface area (Å²) in [5.74, 6) is 2.39. The number of likely N-dealkylation sites (tertiary alicyclic amines) is 1. The predicted molar refractivity (Wildman–Crippen MR) is 92.7 cm³/mol. The fourth-order valence-corrected chi connectivity index (χ4v) is 3.73. The minimum absolute atomic E-state index is 0.0929. The number of piperidine rings is 1. The molecule has 0 bridgehead atoms. The number of carbonyl (C=O) groups excluding carboxylic acids is 1. The van der Waals surface area contributed by atoms with Gasteiger partial charge in [-0.05, 0) is 44.4 Å². The molecule has 0 unspecified atom stereocenters. The lowest BCUT2D eigenvalue weighted by Crippen LogP contribution is -2.40. The van der Waals surface area contributed by atoms with Crippen LogP contribution in [0.4, 0.5) is 0 Å². The van der Waals surface area contributed by atoms with Crippen LogP contribution in [-0.4, -0.2) is 40.6 Å². The highest BCUT2D eigenvalue weighted by Gasteiger charge is 2.24. The fourth-order valence-electron chi connectivity index (χ4n) is 2.85. The van der Waals surface area contributed by atoms with Gasteiger partial charge >= 0.3 is 0 Å². The third-order valence-corrected chi connectivity index (χ3v) is 5.33. The summed E-state index contributed by atoms with van der Waals surface area (Å²) in [7, 11) is 0. The number of hydrogen-bond acceptors (Lipinski definition) is 6. The molecule has 7 heteroatoms. The van der Waals surface area contributed by atoms with Gasteiger partial charge in [0.15, 0.2) is 5.82 Å². The number of aromatic nitrogens is 2. The Morgan fingerprint density at radius 2 is 2.12 bits per heavy atom. The van der Waals surface area contributed by atoms with Crippen LogP contribution in [0.1, 0.15) is 34.9 Å². The number of amides is 1. The molecule has 1 fully saturated rings. The standard InChI is InChI=1S/C17H22N4O2S/c1-12-19-16(23-20-12)11-24-15-5-3-2-4-14(15)17(22)21-8-6-13(10-18)7-9-21/h2-5,13H,6-11,18H2,1H3. The molecular weight excluding hydrogens is 324 g/mol. The second-order valence-corrected chi connectivity index (χ2v) is 7.01. The van der Waals surface area contributed by atoms with Crippen molar-refractivity contribution in [1.82, 2.24) is 15.0 Å². The van der Waals surface area contributed by atoms with Crippen LogP contribution in [0.3, 0.4) is 0 Å². The smallest absolute Gasteiger partial charge is 0.254 e. The Labute approximate surface area is 145 Å². The maximum absolute atomic E-state index is 12.9. The van der Waals surface area contributed by atoms with Gasteiger partial charge in [-0.2, -0.15) is 4.98 Å². The normalized spacial score (nSPS) is 15.7. The van der Waals surface area contributed by atoms with Crippen LogP contribution in [0, 0.1) is 12.8 Å². The van der Waals surface area contributed by atoms with E-state index >= 15 is 0 Å². The van der Waals surface area contributed by atoms with Gasteiger partial charge in [-0.3, -0.25) is 4.79 Å². The first-order valence-electron chi connectivity index (χ1n) is 8.17. The number of carbonyl (C=O) groups is 1. The third kappa shape index (κ3) is 3.96. The number of nitrogens with two attached hydrogens (primary N) is 1. The maximum atomic E-state index is 12.9. The summed E-state index contributed by atoms with van der Waals surface area (Å²) in [4.78, 5) is 19.9. The molecule has 1 aliphatic heterocycles. The molecule has 0 spiro atoms. The summed E-state index contributed by atoms with van der Waals surface area (Å²) in [5, 5.41) is 3.79. The van der Waals surface area contributed by atoms with Crippen molar-refractivity contribution in [2.75, 3.05) is 19.6 Å². The molecule has 24 heavy (non-hydrogen) atoms. The van der Waals surface area contributed by atoms with E-state index in [1.54, 1.807) is 18.7 Å². The van der Waals surface area contributed by atoms with E-state index in [4.69, 9.17) is 10.3 Å². The second kappa shape index (κ2) is 7.81. The van der Waals surface area contributed by atoms with Gasteiger partial charge in [-0.1, -0.05) is 17.3 Å². The van der Waals surface area contributed by atoms with Gasteiger partial charge in [0.25, 0.3) is 5.91 Å². The molecule has 1 aromatic carbocycles. The van der Waals surface area contributed by atoms with Gasteiger partial charge in [0, 0.05) is 18.0 Å². The topological polar surface area (TPSA) is 85.2 Å². The summed E-state index contributed by atoms with van der Waals surface area (Å²) in [5.41, 5.74) is 6.47. The van der Waals surface area contributed by atoms with E-state index in [1.807, 2.05) is 29.2 Å². The summed E-state index contributed by atoms with van der Waals surface area (Å²) in [6, 6.07) is 7.70. The minimum atomic E-state index is 0.0929. The lowest BCUT2D eigenvalue weighted by atomic mass is 9.96. The van der Waals surface area contributed by atoms with E-state index in [1.165, 1.54) is 0 Å². The molecule has 1 aromatic heterocycles. The second-order valence-electron chi connectivity index (χ2n) is 5.99. The Hall–Kier alpha value is -1.86. The lowest BCUT2D eigenvalue weighted by molar-refractivity contribution is 0.0690. The molecule has 1 aliphatic rings. The lowest BCUT2D eigenvalue weighted by Gasteiger charge is -2.31. The largest absolute Gasteiger partial charge is 0.339 e. The van der Waals surface area contributed by atoms with Crippen molar-refractivity contribution < 1.29 is 9.32 Å². The van der Waals surface area contributed by atoms with Crippen LogP contribution in [0.2, 0.25) is 0 Å². The molecule has 2 aromatic rings. The van der Waals surface area contributed by atoms with Crippen molar-refractivity contribution in [2.45, 2.75) is 30.4 Å². The zero-order valence-electron chi connectivity index (χ0n) is 13.8. The van der Waals surface area contributed by atoms with Crippen molar-refractivity contribution in [2.24, 2.45) is 11.7 Å². The Kier molecular flexibility index (Phi) is 5.52. The quantitative estimate of drug-likeness (QED) is 0.837. The van der Waals surface area contributed by atoms with Crippen LogP contribution in [0.15, 0.2) is 33.7 Å². The van der Waals surface area contributed by atoms with E-state index < -0.39 is 0 Å². The van der Waals surface area contributed by atoms with Gasteiger partial charge in [0.2, 0.25) is 5.89 Å². The predicted octanol–water partition coefficient (Wildman–Crippen LogP) is 2.48. The van der Waals surface area contributed by atoms with E-state index in [0.717, 1.165) is 36.4 Å². The Bertz CT molecular complexity index is 695. The first-order chi connectivity index (χ1) is 11.7. The number of nitrogens with zero attached hydrogens (tertiary/aromatic N) is 3. The highest BCUT2D eigenvalue weighted by Crippen LogP contribution is 2.28. The highest BCUT2D eigenvalue weighted by molar-refractivity contribution is 7.98. The third-order valence-electron chi connectivity index (χ3n) is 4.27. The van der Waals surface area contributed by atoms with E-state index in [0.29, 0.717) is 29.9 Å². The van der Waals surface area contributed by atoms with E-state index in [2.05, 4.69) is 10.1 Å². The molecule has 0 atom stereocenters. The van der Waals surface area contributed by atoms with Gasteiger partial charge in [-0.15, -0.1) is 11.8 Å². The SMILES string of the molecule is Cc1noc(CSc2ccccc2C(=O)N2CCC(CN)CC2)n1. The number of benzene rings is 1. The van der Waals surface area contributed by atoms with Crippen LogP contribution in [0.25, 0.3) is 0 Å². The average molecular weight is 346 g/mol. The Morgan fingerprint density at radius 1 is 1.38 bits per heavy atom. The zero-order chi connectivity index (χ0) is 16.9. The van der Waals surface area contributed by atoms with Gasteiger partial charge < -0.3 is 15.2 Å². The molecule has 6 nitrogen and oxygen atoms in total. The monoisotopic (exact) mass is 346 g/mol. The molecule has 128 valence electrons. The number of thioether (sulfide) groups is 1. The van der Waals surface area contributed by atoms with Crippen LogP contribution < -0.4 is 5.73 Å². The molecule has 0 aliphatic carbocycles. The summed E-state index contributed by atoms with van der Waals surface area (Å²) < 4.78 is 5.14. The summed E-state index contributed by atoms with van der Waals surface area (Å²) >= 11 is 1.55. The molecule has 2 heterocycles. The van der Waals surface area contributed by atoms with Crippen molar-refractivity contribution in [3.05, 3.63) is 41.5 Å². The summed E-state index contributed by atoms with van der Waals surface area (Å²) in [6.45, 7) is 4.06. The summed E-state index contributed by atoms with van der Waals surface area (Å²) in [6.07, 6.45) is 1.97. The minimum Gasteiger partial charge on any atom is -0.339 e. The first-order valence-corrected chi connectivity index (χ1v) is 9.16. The van der Waals surface area contributed by atoms with E-state index in [-0.39, 0.29) is 5.91 Å². The van der Waals surface area contributed by atoms with Crippen molar-refractivity contribution in [3.63, 3.8) is 0 Å². The first kappa shape index (κ1) is 17.0. The van der Waals surface area contributed by atoms with Crippen LogP contribution >= 0.6 is 11.8 Å². The fraction of sp³-hybridized carbons (Fsp3) is 0.471. The van der Waals surface area contributed by atoms with Crippen LogP contribution in [0.5, 0.6) is 0 Å². The van der Waals surface area contributed by atoms with Gasteiger partial charge in [0.1, 0.15) is 0 Å². The number of hydrogen-bond donors (Lipinski definition) is 1. The average Bonchev–Trinajstić information content (AvgIpc) is 3.05. The zero-order valence-corrected chi connectivity index (χ0v) is 14.6. The van der Waals surface area contributed by atoms with Gasteiger partial charge in [0.05, 0.1) is 11.3 Å². The molecule has 3 rings (SSSR count). The highest BCUT2D eigenvalue weighted by atomic mass is 32.2. The number of aryl methyl sites for hydroxylation is 1. The van der Waals surface area contributed by atoms with Crippen molar-refractivity contribution >= 4 is 17.7 Å². The molecule has 0 saturated carbocycles. The Morgan fingerprint density at radius 3 is 2.79 bits per heavy atom. The maximum Gasteiger partial charge on any atom is 0.254 e. The van der Waals surface area contributed by atoms with Gasteiger partial charge in [-0.25, -0.2) is 0 Å². The molecular formula is C17H22N4O2S. The molecule has 2 N–H and O–H groups in total. The molecule has 0 radical (unpaired) electrons. The number of rotatable bonds is 5. The van der Waals surface area contributed by atoms with Crippen molar-refractivity contribution in [3.8, 4) is 0 Å². The van der Waals surface area contributed by atoms with Crippen molar-refractivity contribution in [1.29, 1.82) is 0 Å². The molecule has 1 saturated heterocycles. The van der Waals surface area contributed by atoms with E-state index in [9.17, 15) is 4.79 Å². The molecule has 1 amide bonds.